The minimum Gasteiger partial charge on any atom is -0.481 e. The van der Waals surface area contributed by atoms with Gasteiger partial charge in [-0.3, -0.25) is 9.00 Å². The maximum Gasteiger partial charge on any atom is 0.213 e. The summed E-state index contributed by atoms with van der Waals surface area (Å²) in [6, 6.07) is 3.53. The minimum atomic E-state index is -0.711. The third-order valence-electron chi connectivity index (χ3n) is 4.47. The number of Topliss-reactive ketones (excluding diaryl/α,β-unsaturated/α-hetero) is 1. The average molecular weight is 293 g/mol. The van der Waals surface area contributed by atoms with Crippen LogP contribution in [-0.4, -0.2) is 32.6 Å². The fourth-order valence-corrected chi connectivity index (χ4v) is 5.50. The Morgan fingerprint density at radius 1 is 1.30 bits per heavy atom. The van der Waals surface area contributed by atoms with Gasteiger partial charge in [-0.1, -0.05) is 0 Å². The van der Waals surface area contributed by atoms with Crippen molar-refractivity contribution in [1.82, 2.24) is 4.98 Å². The van der Waals surface area contributed by atoms with Gasteiger partial charge < -0.3 is 4.74 Å². The van der Waals surface area contributed by atoms with E-state index in [1.165, 1.54) is 0 Å². The lowest BCUT2D eigenvalue weighted by atomic mass is 9.90. The quantitative estimate of drug-likeness (QED) is 0.802. The molecule has 2 aliphatic heterocycles. The number of hydrogen-bond donors (Lipinski definition) is 0. The second kappa shape index (κ2) is 5.28. The van der Waals surface area contributed by atoms with E-state index in [1.54, 1.807) is 19.2 Å². The van der Waals surface area contributed by atoms with E-state index in [-0.39, 0.29) is 22.2 Å². The first-order valence-corrected chi connectivity index (χ1v) is 8.33. The number of methoxy groups -OCH3 is 1. The highest BCUT2D eigenvalue weighted by Gasteiger charge is 2.43. The highest BCUT2D eigenvalue weighted by atomic mass is 32.2. The first-order valence-electron chi connectivity index (χ1n) is 7.05. The normalized spacial score (nSPS) is 32.1. The Hall–Kier alpha value is -1.23. The summed E-state index contributed by atoms with van der Waals surface area (Å²) in [6.07, 6.45) is 3.57. The van der Waals surface area contributed by atoms with E-state index in [4.69, 9.17) is 4.74 Å². The molecule has 0 aliphatic carbocycles. The van der Waals surface area contributed by atoms with Gasteiger partial charge in [-0.2, -0.15) is 0 Å². The Bertz CT molecular complexity index is 556. The number of fused-ring (bicyclic) bond motifs is 2. The van der Waals surface area contributed by atoms with Crippen molar-refractivity contribution in [1.29, 1.82) is 0 Å². The molecule has 2 bridgehead atoms. The number of carbonyl (C=O) groups excluding carboxylic acids is 1. The predicted octanol–water partition coefficient (Wildman–Crippen LogP) is 2.27. The summed E-state index contributed by atoms with van der Waals surface area (Å²) in [5.41, 5.74) is 1.40. The molecule has 0 amide bonds. The average Bonchev–Trinajstić information content (AvgIpc) is 2.67. The van der Waals surface area contributed by atoms with Crippen molar-refractivity contribution in [2.45, 2.75) is 43.1 Å². The molecule has 3 heterocycles. The van der Waals surface area contributed by atoms with Gasteiger partial charge in [0.1, 0.15) is 0 Å². The van der Waals surface area contributed by atoms with Crippen LogP contribution in [0.25, 0.3) is 0 Å². The molecule has 2 unspecified atom stereocenters. The summed E-state index contributed by atoms with van der Waals surface area (Å²) in [4.78, 5) is 16.9. The molecule has 2 saturated heterocycles. The van der Waals surface area contributed by atoms with E-state index in [0.29, 0.717) is 17.1 Å². The van der Waals surface area contributed by atoms with Crippen molar-refractivity contribution >= 4 is 16.6 Å². The first-order chi connectivity index (χ1) is 9.60. The standard InChI is InChI=1S/C15H19NO3S/c1-9-13(5-6-14(16-9)19-2)15(17)10-7-11-3-4-12(8-10)20(11)18/h5-6,10-12H,3-4,7-8H2,1-2H3. The van der Waals surface area contributed by atoms with Gasteiger partial charge in [-0.25, -0.2) is 4.98 Å². The largest absolute Gasteiger partial charge is 0.481 e. The Labute approximate surface area is 121 Å². The molecule has 1 aromatic rings. The molecule has 20 heavy (non-hydrogen) atoms. The number of ether oxygens (including phenoxy) is 1. The van der Waals surface area contributed by atoms with E-state index in [1.807, 2.05) is 6.92 Å². The lowest BCUT2D eigenvalue weighted by Crippen LogP contribution is -2.32. The number of pyridine rings is 1. The second-order valence-electron chi connectivity index (χ2n) is 5.67. The van der Waals surface area contributed by atoms with Crippen LogP contribution >= 0.6 is 0 Å². The van der Waals surface area contributed by atoms with E-state index in [0.717, 1.165) is 25.7 Å². The zero-order valence-corrected chi connectivity index (χ0v) is 12.6. The first kappa shape index (κ1) is 13.7. The summed E-state index contributed by atoms with van der Waals surface area (Å²) in [5, 5.41) is 0.462. The van der Waals surface area contributed by atoms with Crippen LogP contribution in [-0.2, 0) is 10.8 Å². The van der Waals surface area contributed by atoms with Gasteiger partial charge in [0.2, 0.25) is 5.88 Å². The highest BCUT2D eigenvalue weighted by molar-refractivity contribution is 7.86. The molecule has 0 N–H and O–H groups in total. The topological polar surface area (TPSA) is 56.3 Å². The molecule has 108 valence electrons. The Morgan fingerprint density at radius 2 is 1.95 bits per heavy atom. The van der Waals surface area contributed by atoms with Crippen molar-refractivity contribution in [3.63, 3.8) is 0 Å². The molecule has 0 spiro atoms. The maximum absolute atomic E-state index is 12.7. The number of rotatable bonds is 3. The summed E-state index contributed by atoms with van der Waals surface area (Å²) in [7, 11) is 0.856. The third kappa shape index (κ3) is 2.28. The SMILES string of the molecule is COc1ccc(C(=O)C2CC3CCC(C2)S3=O)c(C)n1. The Kier molecular flexibility index (Phi) is 3.63. The van der Waals surface area contributed by atoms with Crippen LogP contribution < -0.4 is 4.74 Å². The van der Waals surface area contributed by atoms with Crippen LogP contribution in [0, 0.1) is 12.8 Å². The van der Waals surface area contributed by atoms with Gasteiger partial charge in [-0.05, 0) is 38.7 Å². The Balaban J connectivity index is 1.81. The molecule has 0 radical (unpaired) electrons. The zero-order chi connectivity index (χ0) is 14.3. The molecular formula is C15H19NO3S. The van der Waals surface area contributed by atoms with Crippen molar-refractivity contribution < 1.29 is 13.7 Å². The summed E-state index contributed by atoms with van der Waals surface area (Å²) in [6.45, 7) is 1.84. The zero-order valence-electron chi connectivity index (χ0n) is 11.8. The van der Waals surface area contributed by atoms with E-state index < -0.39 is 10.8 Å². The van der Waals surface area contributed by atoms with Gasteiger partial charge in [0, 0.05) is 38.8 Å². The molecule has 1 aromatic heterocycles. The van der Waals surface area contributed by atoms with Crippen molar-refractivity contribution in [2.75, 3.05) is 7.11 Å². The van der Waals surface area contributed by atoms with Crippen LogP contribution in [0.4, 0.5) is 0 Å². The van der Waals surface area contributed by atoms with Gasteiger partial charge in [0.25, 0.3) is 0 Å². The molecule has 0 aromatic carbocycles. The smallest absolute Gasteiger partial charge is 0.213 e. The lowest BCUT2D eigenvalue weighted by Gasteiger charge is -2.26. The van der Waals surface area contributed by atoms with Gasteiger partial charge in [0.15, 0.2) is 5.78 Å². The molecule has 0 saturated carbocycles. The van der Waals surface area contributed by atoms with Gasteiger partial charge in [-0.15, -0.1) is 0 Å². The molecule has 2 atom stereocenters. The van der Waals surface area contributed by atoms with Crippen LogP contribution in [0.5, 0.6) is 5.88 Å². The van der Waals surface area contributed by atoms with Crippen LogP contribution in [0.1, 0.15) is 41.7 Å². The van der Waals surface area contributed by atoms with E-state index in [9.17, 15) is 9.00 Å². The van der Waals surface area contributed by atoms with Crippen molar-refractivity contribution in [3.05, 3.63) is 23.4 Å². The number of hydrogen-bond acceptors (Lipinski definition) is 4. The van der Waals surface area contributed by atoms with Crippen molar-refractivity contribution in [3.8, 4) is 5.88 Å². The summed E-state index contributed by atoms with van der Waals surface area (Å²) >= 11 is 0. The molecule has 3 rings (SSSR count). The molecular weight excluding hydrogens is 274 g/mol. The van der Waals surface area contributed by atoms with Crippen LogP contribution in [0.15, 0.2) is 12.1 Å². The molecule has 5 heteroatoms. The van der Waals surface area contributed by atoms with E-state index in [2.05, 4.69) is 4.98 Å². The third-order valence-corrected chi connectivity index (χ3v) is 6.64. The predicted molar refractivity (Wildman–Crippen MR) is 77.5 cm³/mol. The van der Waals surface area contributed by atoms with Crippen LogP contribution in [0.3, 0.4) is 0 Å². The van der Waals surface area contributed by atoms with Gasteiger partial charge in [0.05, 0.1) is 12.8 Å². The highest BCUT2D eigenvalue weighted by Crippen LogP contribution is 2.40. The molecule has 4 nitrogen and oxygen atoms in total. The fraction of sp³-hybridized carbons (Fsp3) is 0.600. The number of nitrogens with zero attached hydrogens (tertiary/aromatic N) is 1. The van der Waals surface area contributed by atoms with Crippen LogP contribution in [0.2, 0.25) is 0 Å². The number of aryl methyl sites for hydroxylation is 1. The maximum atomic E-state index is 12.7. The monoisotopic (exact) mass is 293 g/mol. The summed E-state index contributed by atoms with van der Waals surface area (Å²) < 4.78 is 17.1. The van der Waals surface area contributed by atoms with Crippen molar-refractivity contribution in [2.24, 2.45) is 5.92 Å². The lowest BCUT2D eigenvalue weighted by molar-refractivity contribution is 0.0905. The summed E-state index contributed by atoms with van der Waals surface area (Å²) in [5.74, 6) is 0.703. The molecule has 2 fully saturated rings. The fourth-order valence-electron chi connectivity index (χ4n) is 3.38. The Morgan fingerprint density at radius 3 is 2.50 bits per heavy atom. The minimum absolute atomic E-state index is 0.0131. The van der Waals surface area contributed by atoms with Gasteiger partial charge >= 0.3 is 0 Å². The number of aromatic nitrogens is 1. The number of ketones is 1. The number of carbonyl (C=O) groups is 1. The molecule has 2 aliphatic rings. The van der Waals surface area contributed by atoms with E-state index >= 15 is 0 Å². The second-order valence-corrected chi connectivity index (χ2v) is 7.66.